The van der Waals surface area contributed by atoms with Crippen molar-refractivity contribution in [1.82, 2.24) is 0 Å². The Morgan fingerprint density at radius 3 is 2.47 bits per heavy atom. The maximum absolute atomic E-state index is 5.20. The van der Waals surface area contributed by atoms with Crippen molar-refractivity contribution >= 4 is 5.69 Å². The van der Waals surface area contributed by atoms with Gasteiger partial charge in [-0.3, -0.25) is 0 Å². The maximum Gasteiger partial charge on any atom is 0.176 e. The Morgan fingerprint density at radius 2 is 1.88 bits per heavy atom. The molecule has 1 atom stereocenters. The third kappa shape index (κ3) is 4.34. The lowest BCUT2D eigenvalue weighted by Crippen LogP contribution is -2.33. The third-order valence-electron chi connectivity index (χ3n) is 2.51. The van der Waals surface area contributed by atoms with Gasteiger partial charge in [0.15, 0.2) is 6.29 Å². The van der Waals surface area contributed by atoms with Crippen LogP contribution in [0.3, 0.4) is 0 Å². The second kappa shape index (κ2) is 7.27. The normalized spacial score (nSPS) is 12.8. The third-order valence-corrected chi connectivity index (χ3v) is 2.51. The van der Waals surface area contributed by atoms with Crippen LogP contribution in [0.5, 0.6) is 0 Å². The van der Waals surface area contributed by atoms with Gasteiger partial charge in [0.2, 0.25) is 0 Å². The van der Waals surface area contributed by atoms with Crippen molar-refractivity contribution in [3.05, 3.63) is 29.8 Å². The minimum atomic E-state index is -0.263. The molecule has 0 amide bonds. The van der Waals surface area contributed by atoms with Crippen molar-refractivity contribution in [2.24, 2.45) is 0 Å². The summed E-state index contributed by atoms with van der Waals surface area (Å²) < 4.78 is 15.5. The monoisotopic (exact) mass is 239 g/mol. The van der Waals surface area contributed by atoms with Crippen LogP contribution in [0.1, 0.15) is 12.5 Å². The quantitative estimate of drug-likeness (QED) is 0.741. The predicted molar refractivity (Wildman–Crippen MR) is 68.0 cm³/mol. The van der Waals surface area contributed by atoms with Crippen LogP contribution in [0.2, 0.25) is 0 Å². The van der Waals surface area contributed by atoms with Crippen molar-refractivity contribution in [2.75, 3.05) is 26.6 Å². The molecule has 0 aromatic heterocycles. The maximum atomic E-state index is 5.20. The minimum absolute atomic E-state index is 0.0720. The molecule has 0 radical (unpaired) electrons. The highest BCUT2D eigenvalue weighted by Gasteiger charge is 2.15. The summed E-state index contributed by atoms with van der Waals surface area (Å²) in [6, 6.07) is 8.17. The Morgan fingerprint density at radius 1 is 1.18 bits per heavy atom. The number of hydrogen-bond acceptors (Lipinski definition) is 4. The van der Waals surface area contributed by atoms with E-state index in [-0.39, 0.29) is 12.3 Å². The van der Waals surface area contributed by atoms with Crippen LogP contribution in [0.15, 0.2) is 24.3 Å². The summed E-state index contributed by atoms with van der Waals surface area (Å²) >= 11 is 0. The second-order valence-corrected chi connectivity index (χ2v) is 3.91. The second-order valence-electron chi connectivity index (χ2n) is 3.91. The molecule has 0 fully saturated rings. The van der Waals surface area contributed by atoms with Crippen LogP contribution in [0.4, 0.5) is 5.69 Å². The van der Waals surface area contributed by atoms with Crippen LogP contribution < -0.4 is 5.32 Å². The lowest BCUT2D eigenvalue weighted by molar-refractivity contribution is -0.109. The SMILES string of the molecule is COCc1cccc(NC(C)C(OC)OC)c1. The lowest BCUT2D eigenvalue weighted by Gasteiger charge is -2.23. The van der Waals surface area contributed by atoms with E-state index >= 15 is 0 Å². The van der Waals surface area contributed by atoms with Gasteiger partial charge in [-0.25, -0.2) is 0 Å². The molecule has 0 aliphatic carbocycles. The first kappa shape index (κ1) is 14.0. The molecule has 0 aliphatic rings. The number of ether oxygens (including phenoxy) is 3. The molecular weight excluding hydrogens is 218 g/mol. The van der Waals surface area contributed by atoms with E-state index in [2.05, 4.69) is 11.4 Å². The molecule has 0 saturated carbocycles. The smallest absolute Gasteiger partial charge is 0.176 e. The van der Waals surface area contributed by atoms with E-state index in [1.165, 1.54) is 0 Å². The van der Waals surface area contributed by atoms with Crippen molar-refractivity contribution in [3.8, 4) is 0 Å². The summed E-state index contributed by atoms with van der Waals surface area (Å²) in [4.78, 5) is 0. The molecular formula is C13H21NO3. The number of rotatable bonds is 7. The standard InChI is InChI=1S/C13H21NO3/c1-10(13(16-3)17-4)14-12-7-5-6-11(8-12)9-15-2/h5-8,10,13-14H,9H2,1-4H3. The molecule has 0 bridgehead atoms. The van der Waals surface area contributed by atoms with Gasteiger partial charge in [0, 0.05) is 27.0 Å². The fraction of sp³-hybridized carbons (Fsp3) is 0.538. The highest BCUT2D eigenvalue weighted by molar-refractivity contribution is 5.46. The summed E-state index contributed by atoms with van der Waals surface area (Å²) in [5.41, 5.74) is 2.17. The highest BCUT2D eigenvalue weighted by Crippen LogP contribution is 2.14. The first-order valence-electron chi connectivity index (χ1n) is 5.61. The molecule has 17 heavy (non-hydrogen) atoms. The number of anilines is 1. The van der Waals surface area contributed by atoms with Crippen LogP contribution in [-0.4, -0.2) is 33.7 Å². The molecule has 4 heteroatoms. The highest BCUT2D eigenvalue weighted by atomic mass is 16.7. The molecule has 1 aromatic rings. The molecule has 0 saturated heterocycles. The lowest BCUT2D eigenvalue weighted by atomic mass is 10.2. The number of hydrogen-bond donors (Lipinski definition) is 1. The zero-order valence-electron chi connectivity index (χ0n) is 10.9. The zero-order valence-corrected chi connectivity index (χ0v) is 10.9. The fourth-order valence-electron chi connectivity index (χ4n) is 1.75. The summed E-state index contributed by atoms with van der Waals surface area (Å²) in [7, 11) is 4.95. The fourth-order valence-corrected chi connectivity index (χ4v) is 1.75. The van der Waals surface area contributed by atoms with Gasteiger partial charge in [-0.15, -0.1) is 0 Å². The summed E-state index contributed by atoms with van der Waals surface area (Å²) in [6.07, 6.45) is -0.263. The van der Waals surface area contributed by atoms with Crippen molar-refractivity contribution in [2.45, 2.75) is 25.9 Å². The largest absolute Gasteiger partial charge is 0.380 e. The number of nitrogens with one attached hydrogen (secondary N) is 1. The molecule has 0 spiro atoms. The Balaban J connectivity index is 2.63. The average Bonchev–Trinajstić information content (AvgIpc) is 2.31. The van der Waals surface area contributed by atoms with E-state index in [1.807, 2.05) is 25.1 Å². The van der Waals surface area contributed by atoms with Crippen LogP contribution in [0, 0.1) is 0 Å². The van der Waals surface area contributed by atoms with Gasteiger partial charge in [-0.1, -0.05) is 12.1 Å². The molecule has 0 heterocycles. The van der Waals surface area contributed by atoms with Crippen LogP contribution >= 0.6 is 0 Å². The summed E-state index contributed by atoms with van der Waals surface area (Å²) in [5.74, 6) is 0. The first-order valence-corrected chi connectivity index (χ1v) is 5.61. The number of methoxy groups -OCH3 is 3. The molecule has 1 N–H and O–H groups in total. The van der Waals surface area contributed by atoms with E-state index < -0.39 is 0 Å². The molecule has 0 aliphatic heterocycles. The minimum Gasteiger partial charge on any atom is -0.380 e. The van der Waals surface area contributed by atoms with Crippen molar-refractivity contribution in [1.29, 1.82) is 0 Å². The van der Waals surface area contributed by atoms with Gasteiger partial charge >= 0.3 is 0 Å². The van der Waals surface area contributed by atoms with E-state index in [1.54, 1.807) is 21.3 Å². The van der Waals surface area contributed by atoms with Gasteiger partial charge in [-0.2, -0.15) is 0 Å². The summed E-state index contributed by atoms with van der Waals surface area (Å²) in [6.45, 7) is 2.63. The Labute approximate surface area is 103 Å². The van der Waals surface area contributed by atoms with Gasteiger partial charge in [0.05, 0.1) is 12.6 Å². The summed E-state index contributed by atoms with van der Waals surface area (Å²) in [5, 5.41) is 3.34. The van der Waals surface area contributed by atoms with Gasteiger partial charge < -0.3 is 19.5 Å². The Kier molecular flexibility index (Phi) is 5.97. The van der Waals surface area contributed by atoms with Crippen LogP contribution in [-0.2, 0) is 20.8 Å². The van der Waals surface area contributed by atoms with E-state index in [9.17, 15) is 0 Å². The average molecular weight is 239 g/mol. The molecule has 4 nitrogen and oxygen atoms in total. The first-order chi connectivity index (χ1) is 8.21. The van der Waals surface area contributed by atoms with E-state index in [4.69, 9.17) is 14.2 Å². The molecule has 1 unspecified atom stereocenters. The molecule has 1 rings (SSSR count). The van der Waals surface area contributed by atoms with Crippen molar-refractivity contribution < 1.29 is 14.2 Å². The van der Waals surface area contributed by atoms with Gasteiger partial charge in [-0.05, 0) is 24.6 Å². The molecule has 1 aromatic carbocycles. The van der Waals surface area contributed by atoms with E-state index in [0.29, 0.717) is 6.61 Å². The van der Waals surface area contributed by atoms with Gasteiger partial charge in [0.25, 0.3) is 0 Å². The van der Waals surface area contributed by atoms with Gasteiger partial charge in [0.1, 0.15) is 0 Å². The topological polar surface area (TPSA) is 39.7 Å². The number of benzene rings is 1. The van der Waals surface area contributed by atoms with Crippen molar-refractivity contribution in [3.63, 3.8) is 0 Å². The Hall–Kier alpha value is -1.10. The molecule has 96 valence electrons. The van der Waals surface area contributed by atoms with Crippen LogP contribution in [0.25, 0.3) is 0 Å². The predicted octanol–water partition coefficient (Wildman–Crippen LogP) is 2.25. The zero-order chi connectivity index (χ0) is 12.7. The Bertz CT molecular complexity index is 326. The van der Waals surface area contributed by atoms with E-state index in [0.717, 1.165) is 11.3 Å².